The van der Waals surface area contributed by atoms with Crippen molar-refractivity contribution in [3.8, 4) is 17.2 Å². The molecule has 5 heterocycles. The molecule has 8 aliphatic rings. The van der Waals surface area contributed by atoms with Crippen LogP contribution in [0.1, 0.15) is 236 Å². The Bertz CT molecular complexity index is 4320. The molecular weight excluding hydrogens is 1630 g/mol. The number of aliphatic hydroxyl groups excluding tert-OH is 1. The number of amides is 3. The van der Waals surface area contributed by atoms with Gasteiger partial charge in [-0.1, -0.05) is 114 Å². The first-order chi connectivity index (χ1) is 62.4. The van der Waals surface area contributed by atoms with Gasteiger partial charge >= 0.3 is 0 Å². The van der Waals surface area contributed by atoms with Gasteiger partial charge in [0.25, 0.3) is 11.8 Å². The van der Waals surface area contributed by atoms with Gasteiger partial charge in [0.15, 0.2) is 11.5 Å². The first kappa shape index (κ1) is 98.7. The van der Waals surface area contributed by atoms with E-state index in [2.05, 4.69) is 82.8 Å². The molecule has 0 radical (unpaired) electrons. The summed E-state index contributed by atoms with van der Waals surface area (Å²) in [5.74, 6) is 3.04. The molecule has 1 saturated heterocycles. The Kier molecular flexibility index (Phi) is 40.6. The topological polar surface area (TPSA) is 279 Å². The lowest BCUT2D eigenvalue weighted by Gasteiger charge is -2.38. The van der Waals surface area contributed by atoms with Crippen molar-refractivity contribution in [1.29, 1.82) is 0 Å². The highest BCUT2D eigenvalue weighted by atomic mass is 16.6. The number of piperazine rings is 1. The Hall–Kier alpha value is -8.34. The molecule has 4 aromatic rings. The molecule has 0 spiro atoms. The number of aryl methyl sites for hydroxylation is 1. The number of ketones is 4. The second-order valence-electron chi connectivity index (χ2n) is 36.5. The lowest BCUT2D eigenvalue weighted by molar-refractivity contribution is -0.130. The predicted octanol–water partition coefficient (Wildman–Crippen LogP) is 15.5. The zero-order chi connectivity index (χ0) is 89.8. The van der Waals surface area contributed by atoms with E-state index in [4.69, 9.17) is 57.1 Å². The minimum Gasteiger partial charge on any atom is -0.493 e. The third-order valence-corrected chi connectivity index (χ3v) is 26.7. The van der Waals surface area contributed by atoms with E-state index in [-0.39, 0.29) is 83.2 Å². The van der Waals surface area contributed by atoms with Crippen molar-refractivity contribution in [2.24, 2.45) is 40.5 Å². The highest BCUT2D eigenvalue weighted by Gasteiger charge is 2.41. The van der Waals surface area contributed by atoms with Crippen LogP contribution in [0.3, 0.4) is 0 Å². The summed E-state index contributed by atoms with van der Waals surface area (Å²) in [5.41, 5.74) is 10.4. The standard InChI is InChI=1S/C103H144N6O19/c1-73(2)89(37-36-87(110)38-46-119-48-50-121-52-54-123-56-58-125-60-61-126-59-57-124-55-53-122-51-49-120-47-39-104-100(114)25-11-10-20-81-64-88(111)66-91(101(81)115)78-18-8-6-7-9-19-78)96(113)24-12-16-74(3)95(112)23-13-17-75-26-28-76(29-27-75)83-63-86-70-105-94-69-97(90(79-30-31-79)67-93(94)103(117)109(86)72-83)127-44-15-45-128-99-65-80-21-14-22-85-62-82(71-108(85)102(116)92(80)68-98(99)118-5)77-32-34-84(35-33-77)107-42-40-106(4)41-43-107/h14,22,26-29,32-35,65,67-74,78-79,81,85-86,89,91,101,115H,6-13,15-21,23-25,30-31,36-64,66H2,1-5H3,(H,104,114). The SMILES string of the molecule is COc1cc2c(cc1OCCCOc1cc3c(cc1C1CC1)C(=O)N1C=C(c4ccc(CCCC(=O)C(C)CCCC(=O)C(CCC(=O)CCOCCOCCOCCOCCOCCOCCOCCOCCNC(=O)CCCCC5CC(=O)CC(C6CCCCCC6)C5O)C(C)C)cc4)CC1C=N3)CC=CC1CC(c3ccc(N4CCN(C)CC4)cc3)=CN1C2=O. The first-order valence-electron chi connectivity index (χ1n) is 48.2. The van der Waals surface area contributed by atoms with Crippen molar-refractivity contribution < 1.29 is 90.8 Å². The summed E-state index contributed by atoms with van der Waals surface area (Å²) in [4.78, 5) is 107. The Morgan fingerprint density at radius 3 is 1.75 bits per heavy atom. The van der Waals surface area contributed by atoms with Gasteiger partial charge in [-0.25, -0.2) is 0 Å². The second kappa shape index (κ2) is 52.6. The summed E-state index contributed by atoms with van der Waals surface area (Å²) < 4.78 is 63.5. The van der Waals surface area contributed by atoms with Crippen molar-refractivity contribution in [1.82, 2.24) is 20.0 Å². The van der Waals surface area contributed by atoms with Crippen molar-refractivity contribution in [3.63, 3.8) is 0 Å². The normalized spacial score (nSPS) is 20.1. The highest BCUT2D eigenvalue weighted by molar-refractivity contribution is 6.05. The molecule has 700 valence electrons. The van der Waals surface area contributed by atoms with E-state index in [9.17, 15) is 38.7 Å². The van der Waals surface area contributed by atoms with Crippen molar-refractivity contribution in [2.75, 3.05) is 171 Å². The van der Waals surface area contributed by atoms with E-state index in [1.807, 2.05) is 73.5 Å². The van der Waals surface area contributed by atoms with Crippen LogP contribution >= 0.6 is 0 Å². The molecule has 25 nitrogen and oxygen atoms in total. The summed E-state index contributed by atoms with van der Waals surface area (Å²) in [6.45, 7) is 18.0. The van der Waals surface area contributed by atoms with Crippen molar-refractivity contribution >= 4 is 69.6 Å². The number of ether oxygens (including phenoxy) is 11. The second-order valence-corrected chi connectivity index (χ2v) is 36.5. The number of aliphatic imine (C=N–C) groups is 1. The average molecular weight is 1770 g/mol. The van der Waals surface area contributed by atoms with Crippen LogP contribution in [0.25, 0.3) is 11.1 Å². The number of allylic oxidation sites excluding steroid dienone is 1. The van der Waals surface area contributed by atoms with Gasteiger partial charge in [0.1, 0.15) is 28.9 Å². The maximum absolute atomic E-state index is 14.5. The van der Waals surface area contributed by atoms with E-state index in [1.54, 1.807) is 7.11 Å². The molecule has 4 fully saturated rings. The van der Waals surface area contributed by atoms with E-state index in [1.165, 1.54) is 31.4 Å². The monoisotopic (exact) mass is 1770 g/mol. The fourth-order valence-corrected chi connectivity index (χ4v) is 18.9. The zero-order valence-electron chi connectivity index (χ0n) is 77.0. The van der Waals surface area contributed by atoms with E-state index in [0.29, 0.717) is 248 Å². The highest BCUT2D eigenvalue weighted by Crippen LogP contribution is 2.48. The van der Waals surface area contributed by atoms with E-state index < -0.39 is 6.10 Å². The first-order valence-corrected chi connectivity index (χ1v) is 48.2. The Balaban J connectivity index is 0.437. The van der Waals surface area contributed by atoms with Crippen LogP contribution in [-0.4, -0.2) is 251 Å². The molecule has 3 amide bonds. The zero-order valence-corrected chi connectivity index (χ0v) is 77.0. The number of carbonyl (C=O) groups excluding carboxylic acids is 7. The lowest BCUT2D eigenvalue weighted by atomic mass is 9.69. The fourth-order valence-electron chi connectivity index (χ4n) is 18.9. The molecule has 128 heavy (non-hydrogen) atoms. The number of anilines is 1. The van der Waals surface area contributed by atoms with Gasteiger partial charge in [0.05, 0.1) is 155 Å². The minimum atomic E-state index is -0.404. The summed E-state index contributed by atoms with van der Waals surface area (Å²) in [6.07, 6.45) is 30.1. The number of likely N-dealkylation sites (N-methyl/N-ethyl adjacent to an activating group) is 1. The molecule has 4 aromatic carbocycles. The maximum atomic E-state index is 14.5. The number of nitrogens with one attached hydrogen (secondary N) is 1. The Labute approximate surface area is 759 Å². The number of benzene rings is 4. The summed E-state index contributed by atoms with van der Waals surface area (Å²) in [5, 5.41) is 14.1. The summed E-state index contributed by atoms with van der Waals surface area (Å²) in [7, 11) is 3.77. The van der Waals surface area contributed by atoms with Crippen LogP contribution in [0.5, 0.6) is 17.2 Å². The predicted molar refractivity (Wildman–Crippen MR) is 495 cm³/mol. The smallest absolute Gasteiger partial charge is 0.260 e. The molecule has 25 heteroatoms. The molecule has 0 aromatic heterocycles. The number of Topliss-reactive ketones (excluding diaryl/α,β-unsaturated/α-hetero) is 4. The van der Waals surface area contributed by atoms with Gasteiger partial charge in [0, 0.05) is 138 Å². The number of unbranched alkanes of at least 4 members (excludes halogenated alkanes) is 1. The number of hydrogen-bond donors (Lipinski definition) is 2. The van der Waals surface area contributed by atoms with E-state index >= 15 is 0 Å². The number of hydrogen-bond acceptors (Lipinski definition) is 22. The Morgan fingerprint density at radius 2 is 1.12 bits per heavy atom. The molecule has 0 bridgehead atoms. The van der Waals surface area contributed by atoms with Crippen molar-refractivity contribution in [2.45, 2.75) is 218 Å². The number of methoxy groups -OCH3 is 1. The van der Waals surface area contributed by atoms with Gasteiger partial charge in [-0.3, -0.25) is 38.6 Å². The van der Waals surface area contributed by atoms with Gasteiger partial charge < -0.3 is 82.1 Å². The quantitative estimate of drug-likeness (QED) is 0.0236. The molecule has 7 atom stereocenters. The van der Waals surface area contributed by atoms with Crippen molar-refractivity contribution in [3.05, 3.63) is 136 Å². The Morgan fingerprint density at radius 1 is 0.539 bits per heavy atom. The van der Waals surface area contributed by atoms with E-state index in [0.717, 1.165) is 135 Å². The number of rotatable bonds is 58. The summed E-state index contributed by atoms with van der Waals surface area (Å²) in [6, 6.07) is 24.6. The third kappa shape index (κ3) is 30.6. The van der Waals surface area contributed by atoms with Crippen LogP contribution in [0.4, 0.5) is 11.4 Å². The van der Waals surface area contributed by atoms with Gasteiger partial charge in [0.2, 0.25) is 5.91 Å². The largest absolute Gasteiger partial charge is 0.493 e. The molecule has 3 saturated carbocycles. The molecule has 5 aliphatic heterocycles. The van der Waals surface area contributed by atoms with Crippen LogP contribution in [0, 0.1) is 35.5 Å². The molecule has 12 rings (SSSR count). The lowest BCUT2D eigenvalue weighted by Crippen LogP contribution is -2.44. The van der Waals surface area contributed by atoms with Crippen LogP contribution in [-0.2, 0) is 74.7 Å². The number of carbonyl (C=O) groups is 7. The molecular formula is C103H144N6O19. The average Bonchev–Trinajstić information content (AvgIpc) is 1.64. The van der Waals surface area contributed by atoms with Crippen LogP contribution in [0.15, 0.2) is 102 Å². The summed E-state index contributed by atoms with van der Waals surface area (Å²) >= 11 is 0. The van der Waals surface area contributed by atoms with Crippen LogP contribution < -0.4 is 24.4 Å². The minimum absolute atomic E-state index is 0.00879. The molecule has 3 aliphatic carbocycles. The number of aliphatic hydroxyl groups is 1. The maximum Gasteiger partial charge on any atom is 0.260 e. The third-order valence-electron chi connectivity index (χ3n) is 26.7. The van der Waals surface area contributed by atoms with Gasteiger partial charge in [-0.2, -0.15) is 0 Å². The van der Waals surface area contributed by atoms with Gasteiger partial charge in [-0.05, 0) is 177 Å². The molecule has 2 N–H and O–H groups in total. The van der Waals surface area contributed by atoms with Crippen LogP contribution in [0.2, 0.25) is 0 Å². The van der Waals surface area contributed by atoms with Gasteiger partial charge in [-0.15, -0.1) is 0 Å². The number of nitrogens with zero attached hydrogens (tertiary/aromatic N) is 5. The molecule has 7 unspecified atom stereocenters. The fraction of sp³-hybridized carbons (Fsp3) is 0.631. The number of fused-ring (bicyclic) bond motifs is 4.